The Bertz CT molecular complexity index is 211. The number of hydrogen-bond acceptors (Lipinski definition) is 4. The minimum absolute atomic E-state index is 0.400. The summed E-state index contributed by atoms with van der Waals surface area (Å²) in [7, 11) is 1.34. The highest BCUT2D eigenvalue weighted by Crippen LogP contribution is 2.25. The summed E-state index contributed by atoms with van der Waals surface area (Å²) in [6.07, 6.45) is 2.24. The van der Waals surface area contributed by atoms with E-state index in [1.165, 1.54) is 7.11 Å². The molecular formula is C10H17IO4. The highest BCUT2D eigenvalue weighted by atomic mass is 127. The molecule has 1 heterocycles. The Morgan fingerprint density at radius 2 is 2.13 bits per heavy atom. The average molecular weight is 328 g/mol. The zero-order valence-electron chi connectivity index (χ0n) is 9.12. The zero-order chi connectivity index (χ0) is 11.3. The molecule has 0 bridgehead atoms. The second kappa shape index (κ2) is 6.00. The minimum atomic E-state index is -1.20. The van der Waals surface area contributed by atoms with E-state index in [1.54, 1.807) is 6.92 Å². The number of hydrogen-bond donors (Lipinski definition) is 0. The van der Waals surface area contributed by atoms with Crippen molar-refractivity contribution in [3.63, 3.8) is 0 Å². The van der Waals surface area contributed by atoms with E-state index in [1.807, 2.05) is 0 Å². The Kier molecular flexibility index (Phi) is 5.28. The average Bonchev–Trinajstić information content (AvgIpc) is 2.27. The topological polar surface area (TPSA) is 44.8 Å². The number of carbonyl (C=O) groups excluding carboxylic acids is 1. The maximum absolute atomic E-state index is 11.3. The fourth-order valence-corrected chi connectivity index (χ4v) is 1.92. The highest BCUT2D eigenvalue weighted by molar-refractivity contribution is 14.1. The van der Waals surface area contributed by atoms with Crippen molar-refractivity contribution in [2.75, 3.05) is 24.8 Å². The summed E-state index contributed by atoms with van der Waals surface area (Å²) in [5.41, 5.74) is 0. The van der Waals surface area contributed by atoms with Gasteiger partial charge in [-0.25, -0.2) is 4.79 Å². The summed E-state index contributed by atoms with van der Waals surface area (Å²) in [5.74, 6) is -1.26. The van der Waals surface area contributed by atoms with Crippen molar-refractivity contribution < 1.29 is 19.0 Å². The predicted molar refractivity (Wildman–Crippen MR) is 63.9 cm³/mol. The Balaban J connectivity index is 2.37. The maximum atomic E-state index is 11.3. The van der Waals surface area contributed by atoms with Crippen molar-refractivity contribution in [1.29, 1.82) is 0 Å². The van der Waals surface area contributed by atoms with Crippen LogP contribution in [0.15, 0.2) is 0 Å². The number of methoxy groups -OCH3 is 1. The molecule has 1 aliphatic rings. The smallest absolute Gasteiger partial charge is 0.366 e. The third kappa shape index (κ3) is 3.57. The standard InChI is InChI=1S/C10H17IO4/c1-10(9(12)13-2)14-6-8(7-15-10)4-3-5-11/h8H,3-7H2,1-2H3/t8-,10+. The molecule has 0 aliphatic carbocycles. The molecule has 0 unspecified atom stereocenters. The molecule has 0 aromatic carbocycles. The molecule has 1 fully saturated rings. The first-order valence-corrected chi connectivity index (χ1v) is 6.57. The van der Waals surface area contributed by atoms with Crippen molar-refractivity contribution in [3.05, 3.63) is 0 Å². The second-order valence-electron chi connectivity index (χ2n) is 3.76. The third-order valence-electron chi connectivity index (χ3n) is 2.49. The van der Waals surface area contributed by atoms with Gasteiger partial charge in [0.25, 0.3) is 5.79 Å². The van der Waals surface area contributed by atoms with E-state index < -0.39 is 11.8 Å². The quantitative estimate of drug-likeness (QED) is 0.448. The van der Waals surface area contributed by atoms with E-state index in [9.17, 15) is 4.79 Å². The van der Waals surface area contributed by atoms with Crippen LogP contribution in [0.4, 0.5) is 0 Å². The van der Waals surface area contributed by atoms with Crippen molar-refractivity contribution in [2.24, 2.45) is 5.92 Å². The number of alkyl halides is 1. The molecule has 0 spiro atoms. The van der Waals surface area contributed by atoms with E-state index in [4.69, 9.17) is 9.47 Å². The molecule has 15 heavy (non-hydrogen) atoms. The molecule has 1 saturated heterocycles. The summed E-state index contributed by atoms with van der Waals surface area (Å²) < 4.78 is 16.6. The van der Waals surface area contributed by atoms with Crippen molar-refractivity contribution in [1.82, 2.24) is 0 Å². The van der Waals surface area contributed by atoms with E-state index in [0.29, 0.717) is 19.1 Å². The number of esters is 1. The Hall–Kier alpha value is 0.120. The van der Waals surface area contributed by atoms with E-state index in [2.05, 4.69) is 27.3 Å². The van der Waals surface area contributed by atoms with Crippen LogP contribution in [0.5, 0.6) is 0 Å². The van der Waals surface area contributed by atoms with Crippen LogP contribution in [-0.2, 0) is 19.0 Å². The van der Waals surface area contributed by atoms with Gasteiger partial charge in [-0.1, -0.05) is 22.6 Å². The van der Waals surface area contributed by atoms with Gasteiger partial charge in [0.2, 0.25) is 0 Å². The normalized spacial score (nSPS) is 31.3. The van der Waals surface area contributed by atoms with Crippen LogP contribution in [0.3, 0.4) is 0 Å². The third-order valence-corrected chi connectivity index (χ3v) is 3.25. The lowest BCUT2D eigenvalue weighted by Crippen LogP contribution is -2.48. The molecule has 1 rings (SSSR count). The van der Waals surface area contributed by atoms with Gasteiger partial charge in [0, 0.05) is 12.8 Å². The molecule has 0 N–H and O–H groups in total. The molecule has 5 heteroatoms. The lowest BCUT2D eigenvalue weighted by Gasteiger charge is -2.35. The monoisotopic (exact) mass is 328 g/mol. The van der Waals surface area contributed by atoms with Crippen LogP contribution >= 0.6 is 22.6 Å². The van der Waals surface area contributed by atoms with E-state index in [-0.39, 0.29) is 0 Å². The number of ether oxygens (including phenoxy) is 3. The molecule has 4 nitrogen and oxygen atoms in total. The van der Waals surface area contributed by atoms with Gasteiger partial charge in [-0.05, 0) is 17.3 Å². The van der Waals surface area contributed by atoms with E-state index >= 15 is 0 Å². The van der Waals surface area contributed by atoms with Gasteiger partial charge in [-0.2, -0.15) is 0 Å². The van der Waals surface area contributed by atoms with E-state index in [0.717, 1.165) is 17.3 Å². The summed E-state index contributed by atoms with van der Waals surface area (Å²) >= 11 is 2.35. The molecule has 0 saturated carbocycles. The first-order valence-electron chi connectivity index (χ1n) is 5.04. The zero-order valence-corrected chi connectivity index (χ0v) is 11.3. The molecule has 88 valence electrons. The van der Waals surface area contributed by atoms with Crippen molar-refractivity contribution in [3.8, 4) is 0 Å². The Morgan fingerprint density at radius 1 is 1.53 bits per heavy atom. The Morgan fingerprint density at radius 3 is 2.60 bits per heavy atom. The molecule has 0 amide bonds. The summed E-state index contributed by atoms with van der Waals surface area (Å²) in [5, 5.41) is 0. The largest absolute Gasteiger partial charge is 0.465 e. The first kappa shape index (κ1) is 13.2. The van der Waals surface area contributed by atoms with Crippen LogP contribution in [0.1, 0.15) is 19.8 Å². The summed E-state index contributed by atoms with van der Waals surface area (Å²) in [6, 6.07) is 0. The lowest BCUT2D eigenvalue weighted by atomic mass is 10.0. The fraction of sp³-hybridized carbons (Fsp3) is 0.900. The Labute approximate surface area is 104 Å². The molecule has 0 aromatic heterocycles. The maximum Gasteiger partial charge on any atom is 0.366 e. The highest BCUT2D eigenvalue weighted by Gasteiger charge is 2.41. The molecular weight excluding hydrogens is 311 g/mol. The molecule has 0 aromatic rings. The van der Waals surface area contributed by atoms with Crippen LogP contribution in [0.25, 0.3) is 0 Å². The summed E-state index contributed by atoms with van der Waals surface area (Å²) in [4.78, 5) is 11.3. The van der Waals surface area contributed by atoms with Crippen molar-refractivity contribution in [2.45, 2.75) is 25.6 Å². The van der Waals surface area contributed by atoms with Gasteiger partial charge < -0.3 is 14.2 Å². The van der Waals surface area contributed by atoms with Gasteiger partial charge in [0.05, 0.1) is 20.3 Å². The number of halogens is 1. The minimum Gasteiger partial charge on any atom is -0.465 e. The lowest BCUT2D eigenvalue weighted by molar-refractivity contribution is -0.272. The molecule has 0 atom stereocenters. The molecule has 1 aliphatic heterocycles. The van der Waals surface area contributed by atoms with Gasteiger partial charge in [0.15, 0.2) is 0 Å². The predicted octanol–water partition coefficient (Wildman–Crippen LogP) is 1.75. The molecule has 0 radical (unpaired) electrons. The van der Waals surface area contributed by atoms with Crippen LogP contribution in [-0.4, -0.2) is 36.5 Å². The fourth-order valence-electron chi connectivity index (χ4n) is 1.48. The van der Waals surface area contributed by atoms with Gasteiger partial charge in [-0.3, -0.25) is 0 Å². The number of carbonyl (C=O) groups is 1. The summed E-state index contributed by atoms with van der Waals surface area (Å²) in [6.45, 7) is 2.75. The van der Waals surface area contributed by atoms with Gasteiger partial charge >= 0.3 is 5.97 Å². The van der Waals surface area contributed by atoms with Gasteiger partial charge in [-0.15, -0.1) is 0 Å². The SMILES string of the molecule is COC(=O)[C@]1(C)OC[C@H](CCCI)CO1. The second-order valence-corrected chi connectivity index (χ2v) is 4.84. The van der Waals surface area contributed by atoms with Crippen LogP contribution < -0.4 is 0 Å². The van der Waals surface area contributed by atoms with Crippen LogP contribution in [0, 0.1) is 5.92 Å². The number of rotatable bonds is 4. The van der Waals surface area contributed by atoms with Crippen LogP contribution in [0.2, 0.25) is 0 Å². The van der Waals surface area contributed by atoms with Crippen molar-refractivity contribution >= 4 is 28.6 Å². The first-order chi connectivity index (χ1) is 7.12. The van der Waals surface area contributed by atoms with Gasteiger partial charge in [0.1, 0.15) is 0 Å².